The molecule has 0 aliphatic heterocycles. The predicted molar refractivity (Wildman–Crippen MR) is 92.3 cm³/mol. The minimum absolute atomic E-state index is 0.0455. The van der Waals surface area contributed by atoms with Crippen LogP contribution < -0.4 is 11.1 Å². The molecule has 0 atom stereocenters. The summed E-state index contributed by atoms with van der Waals surface area (Å²) in [6, 6.07) is 7.05. The van der Waals surface area contributed by atoms with Gasteiger partial charge in [0.25, 0.3) is 0 Å². The number of aryl methyl sites for hydroxylation is 1. The lowest BCUT2D eigenvalue weighted by atomic mass is 9.58. The number of nitrogen functional groups attached to an aromatic ring is 1. The second-order valence-corrected chi connectivity index (χ2v) is 7.48. The number of nitrogens with one attached hydrogen (secondary N) is 1. The molecule has 122 valence electrons. The summed E-state index contributed by atoms with van der Waals surface area (Å²) in [5.74, 6) is 1.76. The Hall–Kier alpha value is -2.04. The molecule has 3 N–H and O–H groups in total. The molecule has 23 heavy (non-hydrogen) atoms. The molecule has 2 aromatic rings. The number of anilines is 2. The maximum Gasteiger partial charge on any atom is 0.143 e. The van der Waals surface area contributed by atoms with E-state index in [1.165, 1.54) is 24.8 Å². The van der Waals surface area contributed by atoms with Crippen LogP contribution in [0.1, 0.15) is 50.4 Å². The molecule has 0 amide bonds. The van der Waals surface area contributed by atoms with Gasteiger partial charge >= 0.3 is 0 Å². The fourth-order valence-corrected chi connectivity index (χ4v) is 4.19. The van der Waals surface area contributed by atoms with Gasteiger partial charge in [-0.1, -0.05) is 6.92 Å². The summed E-state index contributed by atoms with van der Waals surface area (Å²) in [6.45, 7) is 2.30. The molecule has 4 rings (SSSR count). The Balaban J connectivity index is 1.73. The quantitative estimate of drug-likeness (QED) is 0.851. The Morgan fingerprint density at radius 2 is 2.04 bits per heavy atom. The molecule has 0 spiro atoms. The van der Waals surface area contributed by atoms with E-state index in [1.807, 2.05) is 17.7 Å². The van der Waals surface area contributed by atoms with Crippen LogP contribution in [0.5, 0.6) is 0 Å². The lowest BCUT2D eigenvalue weighted by Gasteiger charge is -2.46. The average molecular weight is 311 g/mol. The highest BCUT2D eigenvalue weighted by molar-refractivity contribution is 5.60. The maximum atomic E-state index is 6.21. The van der Waals surface area contributed by atoms with Gasteiger partial charge in [0.1, 0.15) is 12.2 Å². The molecule has 5 nitrogen and oxygen atoms in total. The van der Waals surface area contributed by atoms with Crippen LogP contribution in [0.2, 0.25) is 0 Å². The second kappa shape index (κ2) is 5.25. The second-order valence-electron chi connectivity index (χ2n) is 7.48. The predicted octanol–water partition coefficient (Wildman–Crippen LogP) is 3.08. The van der Waals surface area contributed by atoms with Crippen LogP contribution >= 0.6 is 0 Å². The Morgan fingerprint density at radius 3 is 2.61 bits per heavy atom. The van der Waals surface area contributed by atoms with E-state index in [4.69, 9.17) is 5.73 Å². The van der Waals surface area contributed by atoms with Crippen molar-refractivity contribution in [2.45, 2.75) is 50.5 Å². The molecule has 0 bridgehead atoms. The first kappa shape index (κ1) is 14.5. The van der Waals surface area contributed by atoms with E-state index in [9.17, 15) is 0 Å². The summed E-state index contributed by atoms with van der Waals surface area (Å²) in [5.41, 5.74) is 9.41. The third-order valence-electron chi connectivity index (χ3n) is 5.52. The van der Waals surface area contributed by atoms with Gasteiger partial charge in [0.15, 0.2) is 0 Å². The van der Waals surface area contributed by atoms with Crippen LogP contribution in [0.25, 0.3) is 0 Å². The zero-order valence-electron chi connectivity index (χ0n) is 13.9. The van der Waals surface area contributed by atoms with Crippen LogP contribution in [0.3, 0.4) is 0 Å². The van der Waals surface area contributed by atoms with Gasteiger partial charge in [-0.3, -0.25) is 0 Å². The lowest BCUT2D eigenvalue weighted by Crippen LogP contribution is -2.43. The van der Waals surface area contributed by atoms with Crippen LogP contribution in [0.15, 0.2) is 24.5 Å². The van der Waals surface area contributed by atoms with E-state index in [0.717, 1.165) is 30.0 Å². The highest BCUT2D eigenvalue weighted by atomic mass is 15.3. The van der Waals surface area contributed by atoms with E-state index in [0.29, 0.717) is 12.0 Å². The van der Waals surface area contributed by atoms with Gasteiger partial charge in [-0.25, -0.2) is 0 Å². The van der Waals surface area contributed by atoms with Crippen molar-refractivity contribution in [3.05, 3.63) is 35.9 Å². The number of nitrogens with zero attached hydrogens (tertiary/aromatic N) is 3. The highest BCUT2D eigenvalue weighted by Gasteiger charge is 2.48. The number of hydrogen-bond acceptors (Lipinski definition) is 4. The van der Waals surface area contributed by atoms with Gasteiger partial charge in [0.05, 0.1) is 5.41 Å². The summed E-state index contributed by atoms with van der Waals surface area (Å²) in [5, 5.41) is 12.2. The first-order valence-electron chi connectivity index (χ1n) is 8.59. The molecule has 1 aromatic heterocycles. The fourth-order valence-electron chi connectivity index (χ4n) is 4.19. The van der Waals surface area contributed by atoms with E-state index >= 15 is 0 Å². The molecule has 2 aliphatic carbocycles. The Bertz CT molecular complexity index is 710. The standard InChI is InChI=1S/C18H25N5/c1-12-9-18(10-12,17-22-20-11-23(17)2)13-6-14(19)8-16(7-13)21-15-4-3-5-15/h6-8,11-12,15,21H,3-5,9-10,19H2,1-2H3. The maximum absolute atomic E-state index is 6.21. The summed E-state index contributed by atoms with van der Waals surface area (Å²) in [4.78, 5) is 0. The molecule has 2 saturated carbocycles. The third-order valence-corrected chi connectivity index (χ3v) is 5.52. The zero-order chi connectivity index (χ0) is 16.0. The Morgan fingerprint density at radius 1 is 1.26 bits per heavy atom. The summed E-state index contributed by atoms with van der Waals surface area (Å²) in [6.07, 6.45) is 7.84. The van der Waals surface area contributed by atoms with Crippen molar-refractivity contribution < 1.29 is 0 Å². The molecule has 0 radical (unpaired) electrons. The van der Waals surface area contributed by atoms with Gasteiger partial charge in [-0.2, -0.15) is 0 Å². The van der Waals surface area contributed by atoms with Gasteiger partial charge in [-0.15, -0.1) is 10.2 Å². The van der Waals surface area contributed by atoms with Crippen LogP contribution in [0, 0.1) is 5.92 Å². The number of nitrogens with two attached hydrogens (primary N) is 1. The molecule has 2 aliphatic rings. The van der Waals surface area contributed by atoms with E-state index in [-0.39, 0.29) is 5.41 Å². The SMILES string of the molecule is CC1CC(c2cc(N)cc(NC3CCC3)c2)(c2nncn2C)C1. The average Bonchev–Trinajstić information content (AvgIpc) is 2.85. The molecule has 0 saturated heterocycles. The van der Waals surface area contributed by atoms with Crippen molar-refractivity contribution in [1.29, 1.82) is 0 Å². The summed E-state index contributed by atoms with van der Waals surface area (Å²) >= 11 is 0. The smallest absolute Gasteiger partial charge is 0.143 e. The highest BCUT2D eigenvalue weighted by Crippen LogP contribution is 2.52. The minimum Gasteiger partial charge on any atom is -0.399 e. The third kappa shape index (κ3) is 2.38. The Kier molecular flexibility index (Phi) is 3.32. The normalized spacial score (nSPS) is 27.3. The van der Waals surface area contributed by atoms with Crippen molar-refractivity contribution in [2.75, 3.05) is 11.1 Å². The van der Waals surface area contributed by atoms with Crippen molar-refractivity contribution >= 4 is 11.4 Å². The van der Waals surface area contributed by atoms with Gasteiger partial charge in [-0.05, 0) is 61.8 Å². The Labute approximate surface area is 137 Å². The molecule has 2 fully saturated rings. The lowest BCUT2D eigenvalue weighted by molar-refractivity contribution is 0.185. The van der Waals surface area contributed by atoms with Crippen molar-refractivity contribution in [3.8, 4) is 0 Å². The van der Waals surface area contributed by atoms with Crippen molar-refractivity contribution in [3.63, 3.8) is 0 Å². The monoisotopic (exact) mass is 311 g/mol. The van der Waals surface area contributed by atoms with Crippen LogP contribution in [-0.2, 0) is 12.5 Å². The van der Waals surface area contributed by atoms with Crippen LogP contribution in [-0.4, -0.2) is 20.8 Å². The molecule has 5 heteroatoms. The topological polar surface area (TPSA) is 68.8 Å². The van der Waals surface area contributed by atoms with Crippen molar-refractivity contribution in [1.82, 2.24) is 14.8 Å². The largest absolute Gasteiger partial charge is 0.399 e. The van der Waals surface area contributed by atoms with E-state index in [2.05, 4.69) is 34.6 Å². The van der Waals surface area contributed by atoms with E-state index in [1.54, 1.807) is 6.33 Å². The molecule has 0 unspecified atom stereocenters. The number of rotatable bonds is 4. The number of aromatic nitrogens is 3. The fraction of sp³-hybridized carbons (Fsp3) is 0.556. The molecule has 1 heterocycles. The van der Waals surface area contributed by atoms with Gasteiger partial charge in [0, 0.05) is 24.5 Å². The van der Waals surface area contributed by atoms with Gasteiger partial charge in [0.2, 0.25) is 0 Å². The zero-order valence-corrected chi connectivity index (χ0v) is 13.9. The van der Waals surface area contributed by atoms with Gasteiger partial charge < -0.3 is 15.6 Å². The molecular weight excluding hydrogens is 286 g/mol. The summed E-state index contributed by atoms with van der Waals surface area (Å²) in [7, 11) is 2.03. The van der Waals surface area contributed by atoms with Crippen LogP contribution in [0.4, 0.5) is 11.4 Å². The first-order chi connectivity index (χ1) is 11.1. The van der Waals surface area contributed by atoms with Crippen molar-refractivity contribution in [2.24, 2.45) is 13.0 Å². The minimum atomic E-state index is -0.0455. The number of hydrogen-bond donors (Lipinski definition) is 2. The van der Waals surface area contributed by atoms with E-state index < -0.39 is 0 Å². The number of benzene rings is 1. The molecular formula is C18H25N5. The first-order valence-corrected chi connectivity index (χ1v) is 8.59. The molecule has 1 aromatic carbocycles. The summed E-state index contributed by atoms with van der Waals surface area (Å²) < 4.78 is 2.05.